The number of hydrogen-bond acceptors (Lipinski definition) is 9. The number of nitro groups is 1. The molecule has 11 nitrogen and oxygen atoms in total. The van der Waals surface area contributed by atoms with Crippen LogP contribution in [0.3, 0.4) is 0 Å². The summed E-state index contributed by atoms with van der Waals surface area (Å²) in [5, 5.41) is 30.3. The topological polar surface area (TPSA) is 149 Å². The van der Waals surface area contributed by atoms with E-state index >= 15 is 0 Å². The third-order valence-electron chi connectivity index (χ3n) is 5.85. The number of carbonyl (C=O) groups is 2. The lowest BCUT2D eigenvalue weighted by Crippen LogP contribution is -2.40. The van der Waals surface area contributed by atoms with Gasteiger partial charge in [-0.3, -0.25) is 19.7 Å². The molecular formula is C23H38N2O9Si. The second-order valence-corrected chi connectivity index (χ2v) is 14.5. The first-order valence-electron chi connectivity index (χ1n) is 11.5. The van der Waals surface area contributed by atoms with Crippen molar-refractivity contribution in [2.75, 3.05) is 37.8 Å². The van der Waals surface area contributed by atoms with Crippen LogP contribution < -0.4 is 9.64 Å². The summed E-state index contributed by atoms with van der Waals surface area (Å²) in [6.07, 6.45) is 1.49. The van der Waals surface area contributed by atoms with Crippen molar-refractivity contribution in [2.24, 2.45) is 0 Å². The van der Waals surface area contributed by atoms with E-state index < -0.39 is 38.3 Å². The Morgan fingerprint density at radius 3 is 2.34 bits per heavy atom. The smallest absolute Gasteiger partial charge is 0.325 e. The number of nitrogens with zero attached hydrogens (tertiary/aromatic N) is 2. The van der Waals surface area contributed by atoms with Gasteiger partial charge in [0.1, 0.15) is 25.4 Å². The van der Waals surface area contributed by atoms with Crippen molar-refractivity contribution in [2.45, 2.75) is 65.3 Å². The molecule has 0 heterocycles. The fourth-order valence-corrected chi connectivity index (χ4v) is 3.75. The van der Waals surface area contributed by atoms with Crippen LogP contribution in [0.15, 0.2) is 12.1 Å². The summed E-state index contributed by atoms with van der Waals surface area (Å²) in [6.45, 7) is 10.7. The van der Waals surface area contributed by atoms with Gasteiger partial charge in [-0.1, -0.05) is 34.1 Å². The van der Waals surface area contributed by atoms with Crippen LogP contribution in [0, 0.1) is 10.1 Å². The normalized spacial score (nSPS) is 11.7. The maximum Gasteiger partial charge on any atom is 0.325 e. The number of carboxylic acids is 1. The second kappa shape index (κ2) is 13.4. The summed E-state index contributed by atoms with van der Waals surface area (Å²) in [5.41, 5.74) is 0.120. The molecule has 0 radical (unpaired) electrons. The van der Waals surface area contributed by atoms with Crippen LogP contribution in [0.5, 0.6) is 5.75 Å². The zero-order valence-electron chi connectivity index (χ0n) is 21.5. The Morgan fingerprint density at radius 2 is 1.83 bits per heavy atom. The first-order valence-corrected chi connectivity index (χ1v) is 14.5. The molecule has 0 fully saturated rings. The molecule has 0 aliphatic rings. The number of ether oxygens (including phenoxy) is 2. The van der Waals surface area contributed by atoms with Crippen LogP contribution in [-0.4, -0.2) is 68.3 Å². The molecule has 198 valence electrons. The van der Waals surface area contributed by atoms with Crippen LogP contribution in [-0.2, 0) is 25.4 Å². The number of nitro benzene ring substituents is 1. The van der Waals surface area contributed by atoms with Crippen LogP contribution in [0.25, 0.3) is 0 Å². The third-order valence-corrected chi connectivity index (χ3v) is 10.3. The number of carboxylic acid groups (broad SMARTS) is 1. The van der Waals surface area contributed by atoms with E-state index in [2.05, 4.69) is 0 Å². The van der Waals surface area contributed by atoms with E-state index in [9.17, 15) is 29.9 Å². The van der Waals surface area contributed by atoms with Crippen molar-refractivity contribution >= 4 is 31.6 Å². The SMILES string of the molecule is CCCCOC(=O)CN(CC(=O)O)c1cc(CO[Si](C)(C)C(C)(C)C)c([N+](=O)[O-])cc1OCCO. The van der Waals surface area contributed by atoms with Crippen LogP contribution in [0.4, 0.5) is 11.4 Å². The average Bonchev–Trinajstić information content (AvgIpc) is 2.74. The van der Waals surface area contributed by atoms with E-state index in [1.54, 1.807) is 0 Å². The van der Waals surface area contributed by atoms with Crippen LogP contribution in [0.1, 0.15) is 46.1 Å². The van der Waals surface area contributed by atoms with E-state index in [1.807, 2.05) is 40.8 Å². The van der Waals surface area contributed by atoms with Gasteiger partial charge in [0, 0.05) is 0 Å². The molecule has 1 aromatic carbocycles. The summed E-state index contributed by atoms with van der Waals surface area (Å²) in [5.74, 6) is -1.87. The molecule has 12 heteroatoms. The number of benzene rings is 1. The zero-order valence-corrected chi connectivity index (χ0v) is 22.5. The van der Waals surface area contributed by atoms with Gasteiger partial charge in [-0.05, 0) is 30.6 Å². The summed E-state index contributed by atoms with van der Waals surface area (Å²) < 4.78 is 16.9. The van der Waals surface area contributed by atoms with Crippen molar-refractivity contribution in [3.63, 3.8) is 0 Å². The van der Waals surface area contributed by atoms with E-state index in [0.29, 0.717) is 6.42 Å². The molecule has 0 atom stereocenters. The van der Waals surface area contributed by atoms with Gasteiger partial charge in [-0.15, -0.1) is 0 Å². The van der Waals surface area contributed by atoms with Gasteiger partial charge >= 0.3 is 11.9 Å². The molecule has 0 aliphatic carbocycles. The molecule has 0 amide bonds. The van der Waals surface area contributed by atoms with Crippen LogP contribution >= 0.6 is 0 Å². The van der Waals surface area contributed by atoms with Crippen molar-refractivity contribution in [1.29, 1.82) is 0 Å². The standard InChI is InChI=1S/C23H38N2O9Si/c1-7-8-10-33-22(29)15-24(14-21(27)28)19-12-17(16-34-35(5,6)23(2,3)4)18(25(30)31)13-20(19)32-11-9-26/h12-13,26H,7-11,14-16H2,1-6H3,(H,27,28). The number of carbonyl (C=O) groups excluding carboxylic acids is 1. The fraction of sp³-hybridized carbons (Fsp3) is 0.652. The van der Waals surface area contributed by atoms with Gasteiger partial charge in [-0.2, -0.15) is 0 Å². The number of hydrogen-bond donors (Lipinski definition) is 2. The van der Waals surface area contributed by atoms with Gasteiger partial charge in [0.15, 0.2) is 8.32 Å². The number of aliphatic hydroxyl groups excluding tert-OH is 1. The predicted octanol–water partition coefficient (Wildman–Crippen LogP) is 3.72. The number of unbranched alkanes of at least 4 members (excludes halogenated alkanes) is 1. The Labute approximate surface area is 207 Å². The van der Waals surface area contributed by atoms with E-state index in [0.717, 1.165) is 6.42 Å². The molecule has 0 bridgehead atoms. The highest BCUT2D eigenvalue weighted by molar-refractivity contribution is 6.74. The third kappa shape index (κ3) is 9.46. The lowest BCUT2D eigenvalue weighted by molar-refractivity contribution is -0.385. The Morgan fingerprint density at radius 1 is 1.17 bits per heavy atom. The van der Waals surface area contributed by atoms with Crippen molar-refractivity contribution < 1.29 is 38.6 Å². The van der Waals surface area contributed by atoms with Gasteiger partial charge in [0.25, 0.3) is 5.69 Å². The molecule has 1 aromatic rings. The summed E-state index contributed by atoms with van der Waals surface area (Å²) >= 11 is 0. The molecule has 35 heavy (non-hydrogen) atoms. The Balaban J connectivity index is 3.49. The molecule has 0 aliphatic heterocycles. The Hall–Kier alpha value is -2.70. The molecule has 0 saturated heterocycles. The highest BCUT2D eigenvalue weighted by Crippen LogP contribution is 2.40. The number of aliphatic hydroxyl groups is 1. The lowest BCUT2D eigenvalue weighted by atomic mass is 10.1. The first kappa shape index (κ1) is 30.3. The minimum atomic E-state index is -2.26. The quantitative estimate of drug-likeness (QED) is 0.117. The molecule has 0 unspecified atom stereocenters. The predicted molar refractivity (Wildman–Crippen MR) is 133 cm³/mol. The largest absolute Gasteiger partial charge is 0.489 e. The average molecular weight is 515 g/mol. The van der Waals surface area contributed by atoms with Crippen molar-refractivity contribution in [1.82, 2.24) is 0 Å². The summed E-state index contributed by atoms with van der Waals surface area (Å²) in [7, 11) is -2.26. The first-order chi connectivity index (χ1) is 16.2. The monoisotopic (exact) mass is 514 g/mol. The molecule has 1 rings (SSSR count). The van der Waals surface area contributed by atoms with Gasteiger partial charge in [0.2, 0.25) is 0 Å². The van der Waals surface area contributed by atoms with Gasteiger partial charge < -0.3 is 29.0 Å². The van der Waals surface area contributed by atoms with Crippen molar-refractivity contribution in [3.05, 3.63) is 27.8 Å². The van der Waals surface area contributed by atoms with E-state index in [1.165, 1.54) is 17.0 Å². The molecule has 0 saturated carbocycles. The van der Waals surface area contributed by atoms with E-state index in [4.69, 9.17) is 13.9 Å². The number of anilines is 1. The minimum absolute atomic E-state index is 0.0237. The molecular weight excluding hydrogens is 476 g/mol. The number of esters is 1. The minimum Gasteiger partial charge on any atom is -0.489 e. The highest BCUT2D eigenvalue weighted by atomic mass is 28.4. The van der Waals surface area contributed by atoms with Gasteiger partial charge in [0.05, 0.1) is 42.1 Å². The van der Waals surface area contributed by atoms with Crippen molar-refractivity contribution in [3.8, 4) is 5.75 Å². The Kier molecular flexibility index (Phi) is 11.6. The summed E-state index contributed by atoms with van der Waals surface area (Å²) in [6, 6.07) is 2.59. The van der Waals surface area contributed by atoms with Crippen LogP contribution in [0.2, 0.25) is 18.1 Å². The highest BCUT2D eigenvalue weighted by Gasteiger charge is 2.38. The van der Waals surface area contributed by atoms with Gasteiger partial charge in [-0.25, -0.2) is 0 Å². The van der Waals surface area contributed by atoms with E-state index in [-0.39, 0.29) is 54.2 Å². The second-order valence-electron chi connectivity index (χ2n) is 9.65. The number of rotatable bonds is 15. The maximum atomic E-state index is 12.4. The molecule has 0 spiro atoms. The Bertz CT molecular complexity index is 884. The number of aliphatic carboxylic acids is 1. The lowest BCUT2D eigenvalue weighted by Gasteiger charge is -2.36. The summed E-state index contributed by atoms with van der Waals surface area (Å²) in [4.78, 5) is 36.4. The zero-order chi connectivity index (χ0) is 26.8. The fourth-order valence-electron chi connectivity index (χ4n) is 2.80. The molecule has 0 aromatic heterocycles. The molecule has 2 N–H and O–H groups in total. The maximum absolute atomic E-state index is 12.4.